The summed E-state index contributed by atoms with van der Waals surface area (Å²) in [5, 5.41) is 8.21. The van der Waals surface area contributed by atoms with Crippen molar-refractivity contribution >= 4 is 11.9 Å². The van der Waals surface area contributed by atoms with E-state index in [2.05, 4.69) is 4.99 Å². The quantitative estimate of drug-likeness (QED) is 0.306. The third-order valence-corrected chi connectivity index (χ3v) is 0.700. The number of aliphatic carboxylic acids is 1. The first-order valence-corrected chi connectivity index (χ1v) is 2.35. The fraction of sp³-hybridized carbons (Fsp3) is 0.500. The second-order valence-corrected chi connectivity index (χ2v) is 1.57. The molecule has 0 aliphatic carbocycles. The minimum Gasteiger partial charge on any atom is -0.480 e. The van der Waals surface area contributed by atoms with E-state index in [1.165, 1.54) is 6.92 Å². The van der Waals surface area contributed by atoms with Crippen molar-refractivity contribution in [1.82, 2.24) is 0 Å². The minimum atomic E-state index is -1.04. The van der Waals surface area contributed by atoms with Crippen molar-refractivity contribution < 1.29 is 15.4 Å². The number of aliphatic imine (C=N–C) groups is 1. The molecule has 0 aliphatic rings. The lowest BCUT2D eigenvalue weighted by atomic mass is 10.4. The van der Waals surface area contributed by atoms with Gasteiger partial charge in [0, 0.05) is 0 Å². The van der Waals surface area contributed by atoms with Crippen molar-refractivity contribution in [2.45, 2.75) is 13.0 Å². The molecule has 0 aliphatic heterocycles. The molecule has 1 atom stereocenters. The molecule has 0 radical (unpaired) electrons. The maximum atomic E-state index is 10.0. The van der Waals surface area contributed by atoms with Crippen LogP contribution >= 0.6 is 0 Å². The highest BCUT2D eigenvalue weighted by Gasteiger charge is 2.07. The van der Waals surface area contributed by atoms with E-state index in [1.807, 2.05) is 0 Å². The smallest absolute Gasteiger partial charge is 0.328 e. The van der Waals surface area contributed by atoms with E-state index in [0.29, 0.717) is 0 Å². The highest BCUT2D eigenvalue weighted by atomic mass is 16.4. The Kier molecular flexibility index (Phi) is 5.25. The fourth-order valence-corrected chi connectivity index (χ4v) is 0.279. The average molecular weight is 149 g/mol. The Balaban J connectivity index is 0. The summed E-state index contributed by atoms with van der Waals surface area (Å²) >= 11 is 0. The molecule has 0 aromatic carbocycles. The van der Waals surface area contributed by atoms with Gasteiger partial charge in [-0.2, -0.15) is 0 Å². The monoisotopic (exact) mass is 149 g/mol. The lowest BCUT2D eigenvalue weighted by Gasteiger charge is -1.97. The van der Waals surface area contributed by atoms with Crippen LogP contribution in [0.1, 0.15) is 6.92 Å². The van der Waals surface area contributed by atoms with Gasteiger partial charge in [0.05, 0.1) is 0 Å². The van der Waals surface area contributed by atoms with Crippen LogP contribution in [0, 0.1) is 0 Å². The summed E-state index contributed by atoms with van der Waals surface area (Å²) in [7, 11) is 0. The molecule has 1 unspecified atom stereocenters. The third kappa shape index (κ3) is 4.85. The molecule has 60 valence electrons. The topological polar surface area (TPSA) is 133 Å². The van der Waals surface area contributed by atoms with Crippen LogP contribution in [0.4, 0.5) is 0 Å². The first-order chi connectivity index (χ1) is 4.04. The number of nitrogens with zero attached hydrogens (tertiary/aromatic N) is 1. The average Bonchev–Trinajstić information content (AvgIpc) is 1.63. The van der Waals surface area contributed by atoms with Gasteiger partial charge in [0.25, 0.3) is 0 Å². The molecule has 6 heteroatoms. The highest BCUT2D eigenvalue weighted by molar-refractivity contribution is 5.81. The number of rotatable bonds is 2. The molecule has 7 N–H and O–H groups in total. The van der Waals surface area contributed by atoms with E-state index in [1.54, 1.807) is 0 Å². The van der Waals surface area contributed by atoms with Crippen LogP contribution in [0.15, 0.2) is 4.99 Å². The number of carbonyl (C=O) groups is 1. The first-order valence-electron chi connectivity index (χ1n) is 2.35. The van der Waals surface area contributed by atoms with Crippen molar-refractivity contribution in [3.8, 4) is 0 Å². The molecule has 0 amide bonds. The van der Waals surface area contributed by atoms with Crippen molar-refractivity contribution in [3.63, 3.8) is 0 Å². The minimum absolute atomic E-state index is 0. The van der Waals surface area contributed by atoms with Gasteiger partial charge in [-0.25, -0.2) is 9.79 Å². The summed E-state index contributed by atoms with van der Waals surface area (Å²) < 4.78 is 0. The first kappa shape index (κ1) is 11.5. The second kappa shape index (κ2) is 4.57. The maximum Gasteiger partial charge on any atom is 0.328 e. The summed E-state index contributed by atoms with van der Waals surface area (Å²) in [4.78, 5) is 13.4. The zero-order valence-electron chi connectivity index (χ0n) is 5.53. The van der Waals surface area contributed by atoms with E-state index in [4.69, 9.17) is 16.6 Å². The molecule has 0 saturated carbocycles. The van der Waals surface area contributed by atoms with Crippen LogP contribution in [0.2, 0.25) is 0 Å². The van der Waals surface area contributed by atoms with Gasteiger partial charge in [-0.05, 0) is 6.92 Å². The molecule has 0 saturated heterocycles. The normalized spacial score (nSPS) is 10.9. The molecule has 0 fully saturated rings. The molecule has 0 spiro atoms. The molecule has 0 bridgehead atoms. The molecular formula is C4H11N3O3. The lowest BCUT2D eigenvalue weighted by Crippen LogP contribution is -2.27. The van der Waals surface area contributed by atoms with E-state index in [0.717, 1.165) is 0 Å². The number of hydrogen-bond donors (Lipinski definition) is 3. The molecule has 0 aromatic rings. The van der Waals surface area contributed by atoms with Gasteiger partial charge in [-0.3, -0.25) is 0 Å². The van der Waals surface area contributed by atoms with E-state index < -0.39 is 12.0 Å². The Bertz CT molecular complexity index is 141. The van der Waals surface area contributed by atoms with Crippen LogP contribution in [0.3, 0.4) is 0 Å². The Morgan fingerprint density at radius 2 is 2.00 bits per heavy atom. The number of carboxylic acid groups (broad SMARTS) is 1. The molecule has 6 nitrogen and oxygen atoms in total. The van der Waals surface area contributed by atoms with Crippen LogP contribution in [-0.4, -0.2) is 28.6 Å². The Morgan fingerprint density at radius 3 is 2.10 bits per heavy atom. The van der Waals surface area contributed by atoms with Crippen LogP contribution in [0.5, 0.6) is 0 Å². The molecule has 0 heterocycles. The maximum absolute atomic E-state index is 10.0. The van der Waals surface area contributed by atoms with Gasteiger partial charge in [0.15, 0.2) is 5.96 Å². The largest absolute Gasteiger partial charge is 0.480 e. The van der Waals surface area contributed by atoms with Crippen LogP contribution < -0.4 is 11.5 Å². The summed E-state index contributed by atoms with van der Waals surface area (Å²) in [5.41, 5.74) is 9.79. The molecule has 0 aromatic heterocycles. The van der Waals surface area contributed by atoms with Crippen molar-refractivity contribution in [1.29, 1.82) is 0 Å². The molecule has 0 rings (SSSR count). The third-order valence-electron chi connectivity index (χ3n) is 0.700. The number of carboxylic acids is 1. The van der Waals surface area contributed by atoms with Gasteiger partial charge < -0.3 is 22.1 Å². The fourth-order valence-electron chi connectivity index (χ4n) is 0.279. The molecular weight excluding hydrogens is 138 g/mol. The van der Waals surface area contributed by atoms with Crippen LogP contribution in [-0.2, 0) is 4.79 Å². The van der Waals surface area contributed by atoms with E-state index in [9.17, 15) is 4.79 Å². The van der Waals surface area contributed by atoms with Gasteiger partial charge in [-0.1, -0.05) is 0 Å². The summed E-state index contributed by atoms with van der Waals surface area (Å²) in [6, 6.07) is -0.852. The highest BCUT2D eigenvalue weighted by Crippen LogP contribution is 1.85. The summed E-state index contributed by atoms with van der Waals surface area (Å²) in [5.74, 6) is -1.24. The standard InChI is InChI=1S/C4H9N3O2.H2O/c1-2(3(8)9)7-4(5)6;/h2H,1H3,(H,8,9)(H4,5,6,7);1H2. The van der Waals surface area contributed by atoms with E-state index in [-0.39, 0.29) is 11.4 Å². The predicted octanol–water partition coefficient (Wildman–Crippen LogP) is -2.09. The second-order valence-electron chi connectivity index (χ2n) is 1.57. The Labute approximate surface area is 57.8 Å². The van der Waals surface area contributed by atoms with Gasteiger partial charge in [0.2, 0.25) is 0 Å². The summed E-state index contributed by atoms with van der Waals surface area (Å²) in [6.07, 6.45) is 0. The SMILES string of the molecule is CC(N=C(N)N)C(=O)O.O. The summed E-state index contributed by atoms with van der Waals surface area (Å²) in [6.45, 7) is 1.39. The van der Waals surface area contributed by atoms with Crippen molar-refractivity contribution in [2.75, 3.05) is 0 Å². The lowest BCUT2D eigenvalue weighted by molar-refractivity contribution is -0.137. The number of guanidine groups is 1. The zero-order valence-corrected chi connectivity index (χ0v) is 5.53. The molecule has 10 heavy (non-hydrogen) atoms. The Hall–Kier alpha value is -1.30. The van der Waals surface area contributed by atoms with Gasteiger partial charge in [0.1, 0.15) is 6.04 Å². The van der Waals surface area contributed by atoms with Gasteiger partial charge >= 0.3 is 5.97 Å². The predicted molar refractivity (Wildman–Crippen MR) is 36.5 cm³/mol. The number of nitrogens with two attached hydrogens (primary N) is 2. The zero-order chi connectivity index (χ0) is 7.44. The van der Waals surface area contributed by atoms with Crippen molar-refractivity contribution in [3.05, 3.63) is 0 Å². The van der Waals surface area contributed by atoms with E-state index >= 15 is 0 Å². The van der Waals surface area contributed by atoms with Gasteiger partial charge in [-0.15, -0.1) is 0 Å². The van der Waals surface area contributed by atoms with Crippen molar-refractivity contribution in [2.24, 2.45) is 16.5 Å². The number of hydrogen-bond acceptors (Lipinski definition) is 2. The Morgan fingerprint density at radius 1 is 1.60 bits per heavy atom. The van der Waals surface area contributed by atoms with Crippen LogP contribution in [0.25, 0.3) is 0 Å².